The molecule has 0 radical (unpaired) electrons. The van der Waals surface area contributed by atoms with Crippen molar-refractivity contribution in [2.24, 2.45) is 0 Å². The third-order valence-corrected chi connectivity index (χ3v) is 3.01. The number of hydrogen-bond donors (Lipinski definition) is 2. The minimum absolute atomic E-state index is 0.232. The fourth-order valence-corrected chi connectivity index (χ4v) is 1.95. The van der Waals surface area contributed by atoms with Crippen LogP contribution in [0.15, 0.2) is 12.1 Å². The van der Waals surface area contributed by atoms with Gasteiger partial charge in [0.2, 0.25) is 5.82 Å². The zero-order valence-corrected chi connectivity index (χ0v) is 9.99. The molecule has 7 nitrogen and oxygen atoms in total. The van der Waals surface area contributed by atoms with Gasteiger partial charge in [-0.3, -0.25) is 14.9 Å². The molecule has 1 aromatic rings. The number of rotatable bonds is 2. The van der Waals surface area contributed by atoms with Crippen LogP contribution in [0.3, 0.4) is 0 Å². The van der Waals surface area contributed by atoms with Gasteiger partial charge in [-0.1, -0.05) is 0 Å². The molecule has 9 heteroatoms. The molecule has 2 unspecified atom stereocenters. The summed E-state index contributed by atoms with van der Waals surface area (Å²) in [6.45, 7) is -0.463. The summed E-state index contributed by atoms with van der Waals surface area (Å²) in [5, 5.41) is 29.2. The van der Waals surface area contributed by atoms with Gasteiger partial charge in [0.25, 0.3) is 5.91 Å². The molecule has 2 N–H and O–H groups in total. The maximum atomic E-state index is 13.6. The predicted octanol–water partition coefficient (Wildman–Crippen LogP) is 0.0506. The van der Waals surface area contributed by atoms with Gasteiger partial charge in [0.15, 0.2) is 0 Å². The average molecular weight is 288 g/mol. The Balaban J connectivity index is 2.35. The number of hydrogen-bond acceptors (Lipinski definition) is 5. The molecule has 1 fully saturated rings. The van der Waals surface area contributed by atoms with Crippen LogP contribution in [0.1, 0.15) is 10.4 Å². The van der Waals surface area contributed by atoms with Crippen molar-refractivity contribution in [2.45, 2.75) is 12.2 Å². The molecule has 108 valence electrons. The van der Waals surface area contributed by atoms with Crippen LogP contribution in [-0.2, 0) is 0 Å². The number of halogens is 2. The number of aliphatic hydroxyl groups excluding tert-OH is 2. The van der Waals surface area contributed by atoms with E-state index in [2.05, 4.69) is 0 Å². The number of carbonyl (C=O) groups excluding carboxylic acids is 1. The number of carbonyl (C=O) groups is 1. The number of aliphatic hydroxyl groups is 2. The number of likely N-dealkylation sites (tertiary alicyclic amines) is 1. The second-order valence-corrected chi connectivity index (χ2v) is 4.39. The van der Waals surface area contributed by atoms with Crippen LogP contribution in [0.2, 0.25) is 0 Å². The van der Waals surface area contributed by atoms with Gasteiger partial charge in [-0.25, -0.2) is 4.39 Å². The highest BCUT2D eigenvalue weighted by atomic mass is 19.1. The first-order chi connectivity index (χ1) is 9.31. The topological polar surface area (TPSA) is 104 Å². The molecule has 1 saturated heterocycles. The Morgan fingerprint density at radius 1 is 1.25 bits per heavy atom. The van der Waals surface area contributed by atoms with E-state index in [1.165, 1.54) is 0 Å². The van der Waals surface area contributed by atoms with Crippen LogP contribution in [0, 0.1) is 21.7 Å². The summed E-state index contributed by atoms with van der Waals surface area (Å²) in [6.07, 6.45) is -2.34. The van der Waals surface area contributed by atoms with E-state index in [1.54, 1.807) is 0 Å². The van der Waals surface area contributed by atoms with Crippen LogP contribution < -0.4 is 0 Å². The summed E-state index contributed by atoms with van der Waals surface area (Å²) in [6, 6.07) is 0.762. The minimum Gasteiger partial charge on any atom is -0.388 e. The summed E-state index contributed by atoms with van der Waals surface area (Å²) in [7, 11) is 0. The Labute approximate surface area is 111 Å². The van der Waals surface area contributed by atoms with Crippen LogP contribution >= 0.6 is 0 Å². The van der Waals surface area contributed by atoms with E-state index in [-0.39, 0.29) is 19.2 Å². The Kier molecular flexibility index (Phi) is 3.64. The Bertz CT molecular complexity index is 570. The van der Waals surface area contributed by atoms with Crippen molar-refractivity contribution < 1.29 is 28.7 Å². The van der Waals surface area contributed by atoms with Crippen molar-refractivity contribution >= 4 is 11.6 Å². The molecule has 20 heavy (non-hydrogen) atoms. The Hall–Kier alpha value is -2.13. The van der Waals surface area contributed by atoms with E-state index in [1.807, 2.05) is 0 Å². The van der Waals surface area contributed by atoms with Crippen molar-refractivity contribution in [2.75, 3.05) is 13.1 Å². The molecular weight excluding hydrogens is 278 g/mol. The molecule has 0 aliphatic carbocycles. The molecule has 1 aliphatic heterocycles. The van der Waals surface area contributed by atoms with E-state index in [0.717, 1.165) is 4.90 Å². The van der Waals surface area contributed by atoms with Gasteiger partial charge in [-0.05, 0) is 0 Å². The van der Waals surface area contributed by atoms with Gasteiger partial charge in [-0.2, -0.15) is 4.39 Å². The Morgan fingerprint density at radius 3 is 2.30 bits per heavy atom. The number of nitrogens with zero attached hydrogens (tertiary/aromatic N) is 2. The maximum Gasteiger partial charge on any atom is 0.305 e. The monoisotopic (exact) mass is 288 g/mol. The summed E-state index contributed by atoms with van der Waals surface area (Å²) in [5.41, 5.74) is -1.70. The normalized spacial score (nSPS) is 22.1. The highest BCUT2D eigenvalue weighted by Gasteiger charge is 2.35. The second kappa shape index (κ2) is 5.10. The van der Waals surface area contributed by atoms with E-state index in [0.29, 0.717) is 6.07 Å². The summed E-state index contributed by atoms with van der Waals surface area (Å²) in [5.74, 6) is -3.58. The second-order valence-electron chi connectivity index (χ2n) is 4.39. The van der Waals surface area contributed by atoms with Gasteiger partial charge < -0.3 is 15.1 Å². The van der Waals surface area contributed by atoms with Crippen LogP contribution in [-0.4, -0.2) is 51.2 Å². The predicted molar refractivity (Wildman–Crippen MR) is 60.9 cm³/mol. The van der Waals surface area contributed by atoms with E-state index in [4.69, 9.17) is 0 Å². The number of β-amino-alcohol motifs (C(OH)–C–C–N with tert-alkyl or cyclic N) is 2. The fourth-order valence-electron chi connectivity index (χ4n) is 1.95. The lowest BCUT2D eigenvalue weighted by Crippen LogP contribution is -2.30. The van der Waals surface area contributed by atoms with Gasteiger partial charge >= 0.3 is 5.69 Å². The first kappa shape index (κ1) is 14.3. The largest absolute Gasteiger partial charge is 0.388 e. The maximum absolute atomic E-state index is 13.6. The SMILES string of the molecule is O=C(c1cc([N+](=O)[O-])c(F)cc1F)N1CC(O)C(O)C1. The number of amides is 1. The van der Waals surface area contributed by atoms with Crippen molar-refractivity contribution in [3.8, 4) is 0 Å². The third kappa shape index (κ3) is 2.45. The van der Waals surface area contributed by atoms with E-state index in [9.17, 15) is 33.9 Å². The smallest absolute Gasteiger partial charge is 0.305 e. The first-order valence-electron chi connectivity index (χ1n) is 5.60. The molecule has 1 heterocycles. The molecule has 0 spiro atoms. The molecule has 1 aromatic carbocycles. The highest BCUT2D eigenvalue weighted by molar-refractivity contribution is 5.95. The quantitative estimate of drug-likeness (QED) is 0.591. The van der Waals surface area contributed by atoms with Gasteiger partial charge in [0.05, 0.1) is 22.7 Å². The van der Waals surface area contributed by atoms with Crippen molar-refractivity contribution in [1.82, 2.24) is 4.90 Å². The van der Waals surface area contributed by atoms with Crippen molar-refractivity contribution in [3.63, 3.8) is 0 Å². The third-order valence-electron chi connectivity index (χ3n) is 3.01. The molecule has 1 amide bonds. The average Bonchev–Trinajstić information content (AvgIpc) is 2.68. The molecule has 1 aliphatic rings. The first-order valence-corrected chi connectivity index (χ1v) is 5.60. The van der Waals surface area contributed by atoms with Crippen LogP contribution in [0.4, 0.5) is 14.5 Å². The lowest BCUT2D eigenvalue weighted by molar-refractivity contribution is -0.387. The minimum atomic E-state index is -1.38. The van der Waals surface area contributed by atoms with Crippen LogP contribution in [0.25, 0.3) is 0 Å². The lowest BCUT2D eigenvalue weighted by atomic mass is 10.1. The fraction of sp³-hybridized carbons (Fsp3) is 0.364. The zero-order chi connectivity index (χ0) is 15.0. The molecular formula is C11H10F2N2O5. The van der Waals surface area contributed by atoms with E-state index >= 15 is 0 Å². The molecule has 2 atom stereocenters. The van der Waals surface area contributed by atoms with Gasteiger partial charge in [-0.15, -0.1) is 0 Å². The van der Waals surface area contributed by atoms with Gasteiger partial charge in [0, 0.05) is 25.2 Å². The lowest BCUT2D eigenvalue weighted by Gasteiger charge is -2.15. The summed E-state index contributed by atoms with van der Waals surface area (Å²) >= 11 is 0. The standard InChI is InChI=1S/C11H10F2N2O5/c12-6-2-7(13)8(15(19)20)1-5(6)11(18)14-3-9(16)10(17)4-14/h1-2,9-10,16-17H,3-4H2. The zero-order valence-electron chi connectivity index (χ0n) is 9.99. The molecule has 0 aromatic heterocycles. The summed E-state index contributed by atoms with van der Waals surface area (Å²) < 4.78 is 26.7. The Morgan fingerprint density at radius 2 is 1.80 bits per heavy atom. The molecule has 0 saturated carbocycles. The number of nitro benzene ring substituents is 1. The van der Waals surface area contributed by atoms with Crippen molar-refractivity contribution in [3.05, 3.63) is 39.4 Å². The van der Waals surface area contributed by atoms with Gasteiger partial charge in [0.1, 0.15) is 5.82 Å². The highest BCUT2D eigenvalue weighted by Crippen LogP contribution is 2.24. The van der Waals surface area contributed by atoms with E-state index < -0.39 is 45.9 Å². The van der Waals surface area contributed by atoms with Crippen molar-refractivity contribution in [1.29, 1.82) is 0 Å². The number of nitro groups is 1. The molecule has 2 rings (SSSR count). The molecule has 0 bridgehead atoms. The van der Waals surface area contributed by atoms with Crippen LogP contribution in [0.5, 0.6) is 0 Å². The summed E-state index contributed by atoms with van der Waals surface area (Å²) in [4.78, 5) is 22.4. The number of benzene rings is 1.